The predicted molar refractivity (Wildman–Crippen MR) is 98.0 cm³/mol. The van der Waals surface area contributed by atoms with Crippen molar-refractivity contribution in [2.24, 2.45) is 0 Å². The van der Waals surface area contributed by atoms with Crippen LogP contribution in [-0.4, -0.2) is 24.4 Å². The number of aromatic nitrogens is 4. The van der Waals surface area contributed by atoms with Gasteiger partial charge in [-0.2, -0.15) is 13.2 Å². The van der Waals surface area contributed by atoms with E-state index in [1.807, 2.05) is 0 Å². The fourth-order valence-corrected chi connectivity index (χ4v) is 2.90. The Labute approximate surface area is 160 Å². The maximum atomic E-state index is 13.3. The molecule has 4 aromatic rings. The summed E-state index contributed by atoms with van der Waals surface area (Å²) in [5.74, 6) is -0.486. The first-order chi connectivity index (χ1) is 13.9. The third-order valence-electron chi connectivity index (χ3n) is 4.15. The largest absolute Gasteiger partial charge is 0.418 e. The highest BCUT2D eigenvalue weighted by Crippen LogP contribution is 2.38. The molecule has 29 heavy (non-hydrogen) atoms. The summed E-state index contributed by atoms with van der Waals surface area (Å²) in [6, 6.07) is 11.6. The lowest BCUT2D eigenvalue weighted by atomic mass is 10.1. The lowest BCUT2D eigenvalue weighted by Gasteiger charge is -2.14. The number of rotatable bonds is 4. The highest BCUT2D eigenvalue weighted by molar-refractivity contribution is 5.80. The summed E-state index contributed by atoms with van der Waals surface area (Å²) in [5, 5.41) is 14.2. The van der Waals surface area contributed by atoms with E-state index in [1.54, 1.807) is 24.3 Å². The summed E-state index contributed by atoms with van der Waals surface area (Å²) in [6.45, 7) is 0. The second-order valence-corrected chi connectivity index (χ2v) is 5.92. The third kappa shape index (κ3) is 3.33. The van der Waals surface area contributed by atoms with Crippen molar-refractivity contribution in [2.75, 3.05) is 5.32 Å². The number of fused-ring (bicyclic) bond motifs is 1. The minimum Gasteiger partial charge on any atom is -0.334 e. The number of anilines is 2. The molecule has 11 heteroatoms. The van der Waals surface area contributed by atoms with Crippen molar-refractivity contribution in [1.82, 2.24) is 19.5 Å². The lowest BCUT2D eigenvalue weighted by Crippen LogP contribution is -2.11. The molecular formula is C18H11F3N6O2. The number of imidazole rings is 1. The van der Waals surface area contributed by atoms with Crippen molar-refractivity contribution in [3.8, 4) is 5.82 Å². The number of alkyl halides is 3. The van der Waals surface area contributed by atoms with Gasteiger partial charge in [-0.25, -0.2) is 15.0 Å². The van der Waals surface area contributed by atoms with E-state index in [0.29, 0.717) is 11.0 Å². The van der Waals surface area contributed by atoms with Gasteiger partial charge in [0.05, 0.1) is 27.2 Å². The molecule has 0 amide bonds. The summed E-state index contributed by atoms with van der Waals surface area (Å²) in [5.41, 5.74) is -0.772. The quantitative estimate of drug-likeness (QED) is 0.400. The van der Waals surface area contributed by atoms with Crippen LogP contribution in [0, 0.1) is 10.1 Å². The molecule has 0 unspecified atom stereocenters. The number of halogens is 3. The number of nitrogens with zero attached hydrogens (tertiary/aromatic N) is 5. The van der Waals surface area contributed by atoms with Crippen LogP contribution in [0.15, 0.2) is 61.2 Å². The minimum atomic E-state index is -4.64. The summed E-state index contributed by atoms with van der Waals surface area (Å²) >= 11 is 0. The molecule has 0 atom stereocenters. The number of hydrogen-bond acceptors (Lipinski definition) is 6. The molecule has 2 aromatic heterocycles. The molecule has 4 rings (SSSR count). The maximum absolute atomic E-state index is 13.3. The molecular weight excluding hydrogens is 389 g/mol. The smallest absolute Gasteiger partial charge is 0.334 e. The zero-order valence-corrected chi connectivity index (χ0v) is 14.5. The van der Waals surface area contributed by atoms with Gasteiger partial charge in [0, 0.05) is 0 Å². The van der Waals surface area contributed by atoms with Gasteiger partial charge >= 0.3 is 11.9 Å². The van der Waals surface area contributed by atoms with Gasteiger partial charge in [-0.15, -0.1) is 0 Å². The van der Waals surface area contributed by atoms with E-state index in [-0.39, 0.29) is 17.3 Å². The fourth-order valence-electron chi connectivity index (χ4n) is 2.90. The Morgan fingerprint density at radius 1 is 1.00 bits per heavy atom. The van der Waals surface area contributed by atoms with Crippen LogP contribution in [0.3, 0.4) is 0 Å². The molecule has 2 heterocycles. The Morgan fingerprint density at radius 2 is 1.72 bits per heavy atom. The van der Waals surface area contributed by atoms with E-state index in [2.05, 4.69) is 20.3 Å². The Bertz CT molecular complexity index is 1220. The third-order valence-corrected chi connectivity index (χ3v) is 4.15. The molecule has 0 aliphatic carbocycles. The Morgan fingerprint density at radius 3 is 2.48 bits per heavy atom. The van der Waals surface area contributed by atoms with Crippen molar-refractivity contribution in [3.63, 3.8) is 0 Å². The van der Waals surface area contributed by atoms with Crippen molar-refractivity contribution in [2.45, 2.75) is 6.18 Å². The van der Waals surface area contributed by atoms with Crippen LogP contribution >= 0.6 is 0 Å². The van der Waals surface area contributed by atoms with Gasteiger partial charge in [-0.05, 0) is 24.3 Å². The number of nitrogens with one attached hydrogen (secondary N) is 1. The molecule has 146 valence electrons. The average Bonchev–Trinajstić information content (AvgIpc) is 3.11. The maximum Gasteiger partial charge on any atom is 0.418 e. The summed E-state index contributed by atoms with van der Waals surface area (Å²) in [4.78, 5) is 23.0. The van der Waals surface area contributed by atoms with Crippen LogP contribution in [0.2, 0.25) is 0 Å². The van der Waals surface area contributed by atoms with Crippen LogP contribution in [0.4, 0.5) is 30.4 Å². The standard InChI is InChI=1S/C18H11F3N6O2/c19-18(20,21)11-5-1-2-6-12(11)25-16-15(27(28)29)17(23-9-22-16)26-10-24-13-7-3-4-8-14(13)26/h1-10H,(H,22,23,25). The van der Waals surface area contributed by atoms with Crippen molar-refractivity contribution >= 4 is 28.2 Å². The predicted octanol–water partition coefficient (Wildman–Crippen LogP) is 4.49. The van der Waals surface area contributed by atoms with E-state index in [0.717, 1.165) is 12.4 Å². The van der Waals surface area contributed by atoms with Crippen LogP contribution in [0.5, 0.6) is 0 Å². The molecule has 0 fully saturated rings. The highest BCUT2D eigenvalue weighted by Gasteiger charge is 2.34. The molecule has 0 saturated carbocycles. The zero-order valence-electron chi connectivity index (χ0n) is 14.5. The first-order valence-corrected chi connectivity index (χ1v) is 8.21. The molecule has 8 nitrogen and oxygen atoms in total. The summed E-state index contributed by atoms with van der Waals surface area (Å²) in [6.07, 6.45) is -2.25. The monoisotopic (exact) mass is 400 g/mol. The summed E-state index contributed by atoms with van der Waals surface area (Å²) < 4.78 is 41.2. The van der Waals surface area contributed by atoms with E-state index in [1.165, 1.54) is 29.1 Å². The Balaban J connectivity index is 1.87. The zero-order chi connectivity index (χ0) is 20.6. The molecule has 0 spiro atoms. The van der Waals surface area contributed by atoms with Crippen LogP contribution in [0.1, 0.15) is 5.56 Å². The topological polar surface area (TPSA) is 98.8 Å². The minimum absolute atomic E-state index is 0.120. The molecule has 0 aliphatic heterocycles. The van der Waals surface area contributed by atoms with Gasteiger partial charge in [0.25, 0.3) is 0 Å². The Kier molecular flexibility index (Phi) is 4.34. The first-order valence-electron chi connectivity index (χ1n) is 8.21. The molecule has 2 aromatic carbocycles. The molecule has 0 radical (unpaired) electrons. The number of benzene rings is 2. The van der Waals surface area contributed by atoms with Gasteiger partial charge in [0.15, 0.2) is 0 Å². The molecule has 1 N–H and O–H groups in total. The van der Waals surface area contributed by atoms with E-state index >= 15 is 0 Å². The van der Waals surface area contributed by atoms with E-state index < -0.39 is 22.4 Å². The van der Waals surface area contributed by atoms with Crippen LogP contribution in [0.25, 0.3) is 16.9 Å². The first kappa shape index (κ1) is 18.3. The number of para-hydroxylation sites is 3. The Hall–Kier alpha value is -4.02. The van der Waals surface area contributed by atoms with Gasteiger partial charge in [-0.1, -0.05) is 24.3 Å². The van der Waals surface area contributed by atoms with E-state index in [4.69, 9.17) is 0 Å². The molecule has 0 bridgehead atoms. The lowest BCUT2D eigenvalue weighted by molar-refractivity contribution is -0.384. The average molecular weight is 400 g/mol. The van der Waals surface area contributed by atoms with E-state index in [9.17, 15) is 23.3 Å². The fraction of sp³-hybridized carbons (Fsp3) is 0.0556. The van der Waals surface area contributed by atoms with Crippen LogP contribution in [-0.2, 0) is 6.18 Å². The second-order valence-electron chi connectivity index (χ2n) is 5.92. The summed E-state index contributed by atoms with van der Waals surface area (Å²) in [7, 11) is 0. The number of nitro groups is 1. The molecule has 0 saturated heterocycles. The van der Waals surface area contributed by atoms with Crippen molar-refractivity contribution < 1.29 is 18.1 Å². The van der Waals surface area contributed by atoms with Gasteiger partial charge in [-0.3, -0.25) is 14.7 Å². The second kappa shape index (κ2) is 6.86. The highest BCUT2D eigenvalue weighted by atomic mass is 19.4. The normalized spacial score (nSPS) is 11.6. The van der Waals surface area contributed by atoms with Gasteiger partial charge < -0.3 is 5.32 Å². The van der Waals surface area contributed by atoms with Gasteiger partial charge in [0.2, 0.25) is 11.6 Å². The van der Waals surface area contributed by atoms with Crippen molar-refractivity contribution in [3.05, 3.63) is 76.9 Å². The number of hydrogen-bond donors (Lipinski definition) is 1. The molecule has 0 aliphatic rings. The SMILES string of the molecule is O=[N+]([O-])c1c(Nc2ccccc2C(F)(F)F)ncnc1-n1cnc2ccccc21. The van der Waals surface area contributed by atoms with Gasteiger partial charge in [0.1, 0.15) is 12.7 Å². The van der Waals surface area contributed by atoms with Crippen LogP contribution < -0.4 is 5.32 Å². The van der Waals surface area contributed by atoms with Crippen molar-refractivity contribution in [1.29, 1.82) is 0 Å².